The van der Waals surface area contributed by atoms with Gasteiger partial charge in [-0.1, -0.05) is 17.7 Å². The number of aromatic nitrogens is 2. The van der Waals surface area contributed by atoms with Gasteiger partial charge in [-0.2, -0.15) is 0 Å². The van der Waals surface area contributed by atoms with E-state index in [0.717, 1.165) is 5.16 Å². The summed E-state index contributed by atoms with van der Waals surface area (Å²) < 4.78 is 15.5. The molecule has 0 saturated heterocycles. The summed E-state index contributed by atoms with van der Waals surface area (Å²) in [5.41, 5.74) is 0.785. The number of halogens is 2. The van der Waals surface area contributed by atoms with Crippen molar-refractivity contribution in [3.63, 3.8) is 0 Å². The van der Waals surface area contributed by atoms with Gasteiger partial charge in [-0.15, -0.1) is 0 Å². The lowest BCUT2D eigenvalue weighted by molar-refractivity contribution is 0.102. The van der Waals surface area contributed by atoms with Gasteiger partial charge >= 0.3 is 0 Å². The first kappa shape index (κ1) is 16.5. The van der Waals surface area contributed by atoms with Crippen LogP contribution in [0.4, 0.5) is 10.1 Å². The van der Waals surface area contributed by atoms with Gasteiger partial charge in [0, 0.05) is 34.9 Å². The van der Waals surface area contributed by atoms with E-state index in [4.69, 9.17) is 11.6 Å². The number of hydrogen-bond acceptors (Lipinski definition) is 3. The third-order valence-electron chi connectivity index (χ3n) is 3.25. The molecule has 2 aromatic carbocycles. The van der Waals surface area contributed by atoms with Crippen molar-refractivity contribution in [2.75, 3.05) is 5.32 Å². The van der Waals surface area contributed by atoms with E-state index in [1.165, 1.54) is 23.9 Å². The van der Waals surface area contributed by atoms with Crippen molar-refractivity contribution < 1.29 is 9.18 Å². The summed E-state index contributed by atoms with van der Waals surface area (Å²) in [4.78, 5) is 17.3. The molecule has 7 heteroatoms. The molecule has 0 spiro atoms. The number of nitrogens with zero attached hydrogens (tertiary/aromatic N) is 2. The highest BCUT2D eigenvalue weighted by Gasteiger charge is 2.13. The molecular weight excluding hydrogens is 349 g/mol. The number of imidazole rings is 1. The van der Waals surface area contributed by atoms with Crippen molar-refractivity contribution in [1.82, 2.24) is 9.55 Å². The number of carbonyl (C=O) groups excluding carboxylic acids is 1. The first-order valence-corrected chi connectivity index (χ1v) is 8.24. The Morgan fingerprint density at radius 3 is 2.83 bits per heavy atom. The Labute approximate surface area is 147 Å². The molecule has 122 valence electrons. The maximum atomic E-state index is 13.6. The summed E-state index contributed by atoms with van der Waals surface area (Å²) in [5, 5.41) is 3.93. The minimum Gasteiger partial charge on any atom is -0.329 e. The molecule has 3 aromatic rings. The van der Waals surface area contributed by atoms with Gasteiger partial charge in [0.1, 0.15) is 5.82 Å². The van der Waals surface area contributed by atoms with Gasteiger partial charge in [-0.25, -0.2) is 9.37 Å². The van der Waals surface area contributed by atoms with E-state index in [0.29, 0.717) is 21.2 Å². The summed E-state index contributed by atoms with van der Waals surface area (Å²) in [6.07, 6.45) is 3.49. The normalized spacial score (nSPS) is 10.6. The summed E-state index contributed by atoms with van der Waals surface area (Å²) in [5.74, 6) is -0.787. The molecule has 0 atom stereocenters. The topological polar surface area (TPSA) is 46.9 Å². The Balaban J connectivity index is 1.88. The zero-order valence-corrected chi connectivity index (χ0v) is 14.2. The molecule has 0 aliphatic carbocycles. The molecule has 24 heavy (non-hydrogen) atoms. The Morgan fingerprint density at radius 2 is 2.12 bits per heavy atom. The average Bonchev–Trinajstić information content (AvgIpc) is 2.95. The monoisotopic (exact) mass is 361 g/mol. The molecule has 0 aliphatic heterocycles. The fraction of sp³-hybridized carbons (Fsp3) is 0.0588. The molecule has 1 N–H and O–H groups in total. The van der Waals surface area contributed by atoms with Crippen LogP contribution in [0.25, 0.3) is 0 Å². The van der Waals surface area contributed by atoms with Crippen molar-refractivity contribution in [2.45, 2.75) is 10.1 Å². The maximum Gasteiger partial charge on any atom is 0.255 e. The predicted octanol–water partition coefficient (Wildman–Crippen LogP) is 4.62. The number of hydrogen-bond donors (Lipinski definition) is 1. The molecule has 0 unspecified atom stereocenters. The van der Waals surface area contributed by atoms with Gasteiger partial charge in [0.05, 0.1) is 5.69 Å². The number of benzene rings is 2. The van der Waals surface area contributed by atoms with E-state index < -0.39 is 5.82 Å². The first-order valence-electron chi connectivity index (χ1n) is 7.04. The van der Waals surface area contributed by atoms with Crippen LogP contribution in [0, 0.1) is 5.82 Å². The maximum absolute atomic E-state index is 13.6. The smallest absolute Gasteiger partial charge is 0.255 e. The molecule has 0 aliphatic rings. The lowest BCUT2D eigenvalue weighted by atomic mass is 10.2. The van der Waals surface area contributed by atoms with Gasteiger partial charge in [0.2, 0.25) is 0 Å². The zero-order chi connectivity index (χ0) is 17.1. The van der Waals surface area contributed by atoms with Crippen LogP contribution < -0.4 is 5.32 Å². The third kappa shape index (κ3) is 3.77. The van der Waals surface area contributed by atoms with E-state index in [-0.39, 0.29) is 5.91 Å². The predicted molar refractivity (Wildman–Crippen MR) is 93.1 cm³/mol. The number of carbonyl (C=O) groups is 1. The van der Waals surface area contributed by atoms with Gasteiger partial charge in [-0.05, 0) is 48.2 Å². The fourth-order valence-electron chi connectivity index (χ4n) is 2.06. The molecular formula is C17H13ClFN3OS. The van der Waals surface area contributed by atoms with E-state index >= 15 is 0 Å². The fourth-order valence-corrected chi connectivity index (χ4v) is 3.12. The molecule has 0 bridgehead atoms. The molecule has 1 aromatic heterocycles. The minimum absolute atomic E-state index is 0.357. The van der Waals surface area contributed by atoms with E-state index in [2.05, 4.69) is 10.3 Å². The lowest BCUT2D eigenvalue weighted by Crippen LogP contribution is -2.12. The minimum atomic E-state index is -0.430. The molecule has 0 saturated carbocycles. The van der Waals surface area contributed by atoms with E-state index in [9.17, 15) is 9.18 Å². The summed E-state index contributed by atoms with van der Waals surface area (Å²) in [6, 6.07) is 10.8. The van der Waals surface area contributed by atoms with E-state index in [1.807, 2.05) is 17.8 Å². The van der Waals surface area contributed by atoms with Crippen LogP contribution in [0.1, 0.15) is 10.4 Å². The SMILES string of the molecule is Cn1ccnc1Sc1ccc(F)cc1NC(=O)c1cccc(Cl)c1. The Hall–Kier alpha value is -2.31. The van der Waals surface area contributed by atoms with Crippen LogP contribution in [0.15, 0.2) is 64.9 Å². The second-order valence-electron chi connectivity index (χ2n) is 5.03. The first-order chi connectivity index (χ1) is 11.5. The van der Waals surface area contributed by atoms with Crippen molar-refractivity contribution in [3.05, 3.63) is 71.3 Å². The Kier molecular flexibility index (Phi) is 4.87. The molecule has 0 radical (unpaired) electrons. The second-order valence-corrected chi connectivity index (χ2v) is 6.47. The molecule has 0 fully saturated rings. The van der Waals surface area contributed by atoms with Gasteiger partial charge in [0.25, 0.3) is 5.91 Å². The Morgan fingerprint density at radius 1 is 1.29 bits per heavy atom. The van der Waals surface area contributed by atoms with Gasteiger partial charge in [0.15, 0.2) is 5.16 Å². The standard InChI is InChI=1S/C17H13ClFN3OS/c1-22-8-7-20-17(22)24-15-6-5-13(19)10-14(15)21-16(23)11-3-2-4-12(18)9-11/h2-10H,1H3,(H,21,23). The lowest BCUT2D eigenvalue weighted by Gasteiger charge is -2.11. The summed E-state index contributed by atoms with van der Waals surface area (Å²) >= 11 is 7.25. The van der Waals surface area contributed by atoms with E-state index in [1.54, 1.807) is 36.5 Å². The number of aryl methyl sites for hydroxylation is 1. The average molecular weight is 362 g/mol. The largest absolute Gasteiger partial charge is 0.329 e. The quantitative estimate of drug-likeness (QED) is 0.737. The third-order valence-corrected chi connectivity index (χ3v) is 4.64. The highest BCUT2D eigenvalue weighted by Crippen LogP contribution is 2.33. The van der Waals surface area contributed by atoms with Crippen LogP contribution in [-0.4, -0.2) is 15.5 Å². The summed E-state index contributed by atoms with van der Waals surface area (Å²) in [6.45, 7) is 0. The molecule has 3 rings (SSSR count). The Bertz CT molecular complexity index is 897. The molecule has 4 nitrogen and oxygen atoms in total. The molecule has 1 amide bonds. The van der Waals surface area contributed by atoms with Crippen molar-refractivity contribution in [3.8, 4) is 0 Å². The van der Waals surface area contributed by atoms with Crippen molar-refractivity contribution in [1.29, 1.82) is 0 Å². The van der Waals surface area contributed by atoms with Crippen LogP contribution in [0.2, 0.25) is 5.02 Å². The van der Waals surface area contributed by atoms with Crippen LogP contribution in [-0.2, 0) is 7.05 Å². The van der Waals surface area contributed by atoms with Crippen molar-refractivity contribution in [2.24, 2.45) is 7.05 Å². The summed E-state index contributed by atoms with van der Waals surface area (Å²) in [7, 11) is 1.86. The highest BCUT2D eigenvalue weighted by molar-refractivity contribution is 7.99. The van der Waals surface area contributed by atoms with Gasteiger partial charge in [-0.3, -0.25) is 4.79 Å². The van der Waals surface area contributed by atoms with Gasteiger partial charge < -0.3 is 9.88 Å². The number of anilines is 1. The van der Waals surface area contributed by atoms with Crippen LogP contribution >= 0.6 is 23.4 Å². The van der Waals surface area contributed by atoms with Crippen molar-refractivity contribution >= 4 is 35.0 Å². The highest BCUT2D eigenvalue weighted by atomic mass is 35.5. The zero-order valence-electron chi connectivity index (χ0n) is 12.7. The number of rotatable bonds is 4. The van der Waals surface area contributed by atoms with Crippen LogP contribution in [0.3, 0.4) is 0 Å². The molecule has 1 heterocycles. The number of nitrogens with one attached hydrogen (secondary N) is 1. The number of amides is 1. The second kappa shape index (κ2) is 7.07. The van der Waals surface area contributed by atoms with Crippen LogP contribution in [0.5, 0.6) is 0 Å².